The van der Waals surface area contributed by atoms with Gasteiger partial charge in [0, 0.05) is 18.0 Å². The summed E-state index contributed by atoms with van der Waals surface area (Å²) in [6, 6.07) is 2.48. The highest BCUT2D eigenvalue weighted by molar-refractivity contribution is 6.12. The molecule has 9 nitrogen and oxygen atoms in total. The Balaban J connectivity index is 3.33. The Kier molecular flexibility index (Phi) is 4.71. The van der Waals surface area contributed by atoms with E-state index in [1.807, 2.05) is 0 Å². The molecule has 0 amide bonds. The third-order valence-corrected chi connectivity index (χ3v) is 2.72. The average Bonchev–Trinajstić information content (AvgIpc) is 2.38. The average molecular weight is 297 g/mol. The van der Waals surface area contributed by atoms with Gasteiger partial charge in [-0.25, -0.2) is 4.79 Å². The Morgan fingerprint density at radius 1 is 1.19 bits per heavy atom. The lowest BCUT2D eigenvalue weighted by atomic mass is 9.80. The minimum atomic E-state index is -3.27. The predicted molar refractivity (Wildman–Crippen MR) is 64.5 cm³/mol. The van der Waals surface area contributed by atoms with Gasteiger partial charge in [-0.05, 0) is 12.1 Å². The summed E-state index contributed by atoms with van der Waals surface area (Å²) in [5.41, 5.74) is -3.53. The quantitative estimate of drug-likeness (QED) is 0.374. The van der Waals surface area contributed by atoms with Crippen molar-refractivity contribution in [2.75, 3.05) is 0 Å². The van der Waals surface area contributed by atoms with E-state index in [0.717, 1.165) is 6.20 Å². The molecular weight excluding hydrogens is 286 g/mol. The summed E-state index contributed by atoms with van der Waals surface area (Å²) >= 11 is 0. The lowest BCUT2D eigenvalue weighted by Gasteiger charge is -2.27. The molecule has 0 radical (unpaired) electrons. The normalized spacial score (nSPS) is 14.7. The first-order valence-electron chi connectivity index (χ1n) is 5.54. The van der Waals surface area contributed by atoms with Crippen LogP contribution in [0.4, 0.5) is 0 Å². The van der Waals surface area contributed by atoms with Gasteiger partial charge in [0.2, 0.25) is 0 Å². The lowest BCUT2D eigenvalue weighted by Crippen LogP contribution is -2.54. The van der Waals surface area contributed by atoms with E-state index in [1.165, 1.54) is 18.3 Å². The van der Waals surface area contributed by atoms with Crippen LogP contribution in [0.1, 0.15) is 16.8 Å². The van der Waals surface area contributed by atoms with Gasteiger partial charge in [0.25, 0.3) is 0 Å². The number of carbonyl (C=O) groups is 4. The summed E-state index contributed by atoms with van der Waals surface area (Å²) in [5.74, 6) is -9.55. The molecule has 1 heterocycles. The number of carboxylic acid groups (broad SMARTS) is 3. The number of aliphatic carboxylic acids is 3. The van der Waals surface area contributed by atoms with Crippen LogP contribution in [0.25, 0.3) is 0 Å². The Labute approximate surface area is 117 Å². The van der Waals surface area contributed by atoms with Crippen LogP contribution >= 0.6 is 0 Å². The van der Waals surface area contributed by atoms with Crippen molar-refractivity contribution < 1.29 is 39.6 Å². The molecule has 9 heteroatoms. The number of hydrogen-bond acceptors (Lipinski definition) is 6. The molecule has 0 fully saturated rings. The highest BCUT2D eigenvalue weighted by Gasteiger charge is 2.54. The van der Waals surface area contributed by atoms with Crippen LogP contribution in [0, 0.1) is 5.92 Å². The maximum Gasteiger partial charge on any atom is 0.337 e. The van der Waals surface area contributed by atoms with E-state index < -0.39 is 41.6 Å². The van der Waals surface area contributed by atoms with Crippen molar-refractivity contribution in [2.24, 2.45) is 5.92 Å². The third kappa shape index (κ3) is 3.39. The van der Waals surface area contributed by atoms with E-state index in [4.69, 9.17) is 15.3 Å². The Hall–Kier alpha value is -2.81. The molecule has 21 heavy (non-hydrogen) atoms. The van der Waals surface area contributed by atoms with Gasteiger partial charge in [-0.15, -0.1) is 0 Å². The van der Waals surface area contributed by atoms with Crippen molar-refractivity contribution in [3.63, 3.8) is 0 Å². The molecule has 0 aliphatic carbocycles. The van der Waals surface area contributed by atoms with Crippen LogP contribution in [0.5, 0.6) is 0 Å². The van der Waals surface area contributed by atoms with Gasteiger partial charge in [-0.1, -0.05) is 0 Å². The monoisotopic (exact) mass is 297 g/mol. The van der Waals surface area contributed by atoms with Crippen molar-refractivity contribution >= 4 is 23.7 Å². The number of hydrogen-bond donors (Lipinski definition) is 4. The van der Waals surface area contributed by atoms with Crippen molar-refractivity contribution in [1.82, 2.24) is 4.98 Å². The first kappa shape index (κ1) is 16.2. The molecule has 0 aliphatic rings. The number of pyridine rings is 1. The zero-order valence-electron chi connectivity index (χ0n) is 10.5. The highest BCUT2D eigenvalue weighted by Crippen LogP contribution is 2.26. The van der Waals surface area contributed by atoms with E-state index in [2.05, 4.69) is 4.98 Å². The number of rotatable bonds is 7. The maximum atomic E-state index is 12.1. The molecule has 0 saturated carbocycles. The second-order valence-electron chi connectivity index (χ2n) is 4.18. The van der Waals surface area contributed by atoms with Gasteiger partial charge < -0.3 is 20.4 Å². The molecule has 1 aromatic heterocycles. The van der Waals surface area contributed by atoms with Crippen LogP contribution in [0.15, 0.2) is 24.5 Å². The van der Waals surface area contributed by atoms with E-state index >= 15 is 0 Å². The zero-order chi connectivity index (χ0) is 16.2. The maximum absolute atomic E-state index is 12.1. The molecule has 0 spiro atoms. The van der Waals surface area contributed by atoms with Crippen molar-refractivity contribution in [3.8, 4) is 0 Å². The number of ketones is 1. The number of nitrogens with zero attached hydrogens (tertiary/aromatic N) is 1. The van der Waals surface area contributed by atoms with E-state index in [0.29, 0.717) is 0 Å². The zero-order valence-corrected chi connectivity index (χ0v) is 10.5. The standard InChI is InChI=1S/C12H11NO8/c14-7(15)4-12(21,11(19)20)8(10(17)18)9(16)6-2-1-3-13-5-6/h1-3,5,8,21H,4H2,(H,14,15)(H,17,18)(H,19,20). The molecule has 0 aliphatic heterocycles. The number of Topliss-reactive ketones (excluding diaryl/α,β-unsaturated/α-hetero) is 1. The summed E-state index contributed by atoms with van der Waals surface area (Å²) < 4.78 is 0. The fourth-order valence-electron chi connectivity index (χ4n) is 1.74. The lowest BCUT2D eigenvalue weighted by molar-refractivity contribution is -0.175. The number of carbonyl (C=O) groups excluding carboxylic acids is 1. The smallest absolute Gasteiger partial charge is 0.337 e. The second-order valence-corrected chi connectivity index (χ2v) is 4.18. The van der Waals surface area contributed by atoms with Crippen molar-refractivity contribution in [1.29, 1.82) is 0 Å². The summed E-state index contributed by atoms with van der Waals surface area (Å²) in [4.78, 5) is 48.6. The first-order valence-corrected chi connectivity index (χ1v) is 5.54. The minimum Gasteiger partial charge on any atom is -0.481 e. The van der Waals surface area contributed by atoms with Gasteiger partial charge in [0.15, 0.2) is 17.3 Å². The van der Waals surface area contributed by atoms with Crippen LogP contribution < -0.4 is 0 Å². The Bertz CT molecular complexity index is 584. The third-order valence-electron chi connectivity index (χ3n) is 2.72. The molecule has 2 atom stereocenters. The summed E-state index contributed by atoms with van der Waals surface area (Å²) in [7, 11) is 0. The number of carboxylic acids is 3. The van der Waals surface area contributed by atoms with E-state index in [1.54, 1.807) is 0 Å². The van der Waals surface area contributed by atoms with Crippen LogP contribution in [0.3, 0.4) is 0 Å². The van der Waals surface area contributed by atoms with Crippen LogP contribution in [-0.4, -0.2) is 54.7 Å². The van der Waals surface area contributed by atoms with Crippen LogP contribution in [0.2, 0.25) is 0 Å². The predicted octanol–water partition coefficient (Wildman–Crippen LogP) is -0.744. The van der Waals surface area contributed by atoms with Gasteiger partial charge >= 0.3 is 17.9 Å². The van der Waals surface area contributed by atoms with Gasteiger partial charge in [-0.3, -0.25) is 19.4 Å². The van der Waals surface area contributed by atoms with E-state index in [9.17, 15) is 24.3 Å². The van der Waals surface area contributed by atoms with Crippen molar-refractivity contribution in [2.45, 2.75) is 12.0 Å². The van der Waals surface area contributed by atoms with Crippen molar-refractivity contribution in [3.05, 3.63) is 30.1 Å². The Morgan fingerprint density at radius 2 is 1.81 bits per heavy atom. The summed E-state index contributed by atoms with van der Waals surface area (Å²) in [5, 5.41) is 36.6. The summed E-state index contributed by atoms with van der Waals surface area (Å²) in [6.45, 7) is 0. The second kappa shape index (κ2) is 6.09. The number of aliphatic hydroxyl groups is 1. The number of aromatic nitrogens is 1. The topological polar surface area (TPSA) is 162 Å². The molecule has 4 N–H and O–H groups in total. The fraction of sp³-hybridized carbons (Fsp3) is 0.250. The Morgan fingerprint density at radius 3 is 2.19 bits per heavy atom. The molecule has 112 valence electrons. The summed E-state index contributed by atoms with van der Waals surface area (Å²) in [6.07, 6.45) is 0.847. The van der Waals surface area contributed by atoms with E-state index in [-0.39, 0.29) is 5.56 Å². The molecule has 1 rings (SSSR count). The molecule has 0 aromatic carbocycles. The van der Waals surface area contributed by atoms with Gasteiger partial charge in [0.05, 0.1) is 6.42 Å². The molecule has 0 bridgehead atoms. The molecule has 1 aromatic rings. The molecule has 2 unspecified atom stereocenters. The van der Waals surface area contributed by atoms with Gasteiger partial charge in [-0.2, -0.15) is 0 Å². The first-order chi connectivity index (χ1) is 9.70. The SMILES string of the molecule is O=C(O)CC(O)(C(=O)O)C(C(=O)O)C(=O)c1cccnc1. The van der Waals surface area contributed by atoms with Gasteiger partial charge in [0.1, 0.15) is 0 Å². The highest BCUT2D eigenvalue weighted by atomic mass is 16.4. The largest absolute Gasteiger partial charge is 0.481 e. The van der Waals surface area contributed by atoms with Crippen LogP contribution in [-0.2, 0) is 14.4 Å². The molecule has 0 saturated heterocycles. The molecular formula is C12H11NO8. The fourth-order valence-corrected chi connectivity index (χ4v) is 1.74. The minimum absolute atomic E-state index is 0.255.